The zero-order valence-electron chi connectivity index (χ0n) is 15.2. The van der Waals surface area contributed by atoms with E-state index >= 15 is 0 Å². The third kappa shape index (κ3) is 4.82. The smallest absolute Gasteiger partial charge is 0.251 e. The number of anilines is 1. The number of carbonyl (C=O) groups is 2. The molecule has 2 N–H and O–H groups in total. The number of hydrogen-bond donors (Lipinski definition) is 2. The standard InChI is InChI=1S/C23H22N2O2/c1-24-23(27)19-13-8-14-20(15-19)25-22(26)16-21(17-9-4-2-5-10-17)18-11-6-3-7-12-18/h2-15,21H,16H2,1H3,(H,24,27)(H,25,26). The first-order valence-electron chi connectivity index (χ1n) is 8.89. The Kier molecular flexibility index (Phi) is 6.00. The van der Waals surface area contributed by atoms with Crippen LogP contribution in [-0.4, -0.2) is 18.9 Å². The number of carbonyl (C=O) groups excluding carboxylic acids is 2. The first-order chi connectivity index (χ1) is 13.2. The van der Waals surface area contributed by atoms with Crippen LogP contribution in [0.1, 0.15) is 33.8 Å². The molecular weight excluding hydrogens is 336 g/mol. The van der Waals surface area contributed by atoms with Crippen molar-refractivity contribution in [3.05, 3.63) is 102 Å². The lowest BCUT2D eigenvalue weighted by atomic mass is 9.88. The molecule has 0 fully saturated rings. The maximum absolute atomic E-state index is 12.7. The molecule has 4 heteroatoms. The van der Waals surface area contributed by atoms with Crippen LogP contribution in [0.25, 0.3) is 0 Å². The van der Waals surface area contributed by atoms with Crippen molar-refractivity contribution in [3.63, 3.8) is 0 Å². The van der Waals surface area contributed by atoms with Gasteiger partial charge in [-0.15, -0.1) is 0 Å². The lowest BCUT2D eigenvalue weighted by molar-refractivity contribution is -0.116. The molecule has 0 unspecified atom stereocenters. The van der Waals surface area contributed by atoms with Crippen LogP contribution in [0.5, 0.6) is 0 Å². The lowest BCUT2D eigenvalue weighted by Crippen LogP contribution is -2.19. The van der Waals surface area contributed by atoms with Gasteiger partial charge in [0.25, 0.3) is 5.91 Å². The predicted octanol–water partition coefficient (Wildman–Crippen LogP) is 4.21. The fraction of sp³-hybridized carbons (Fsp3) is 0.130. The molecule has 0 aliphatic carbocycles. The first-order valence-corrected chi connectivity index (χ1v) is 8.89. The molecule has 136 valence electrons. The first kappa shape index (κ1) is 18.4. The van der Waals surface area contributed by atoms with E-state index < -0.39 is 0 Å². The molecule has 0 atom stereocenters. The van der Waals surface area contributed by atoms with Crippen molar-refractivity contribution in [2.75, 3.05) is 12.4 Å². The van der Waals surface area contributed by atoms with Crippen molar-refractivity contribution in [3.8, 4) is 0 Å². The highest BCUT2D eigenvalue weighted by Crippen LogP contribution is 2.28. The molecule has 27 heavy (non-hydrogen) atoms. The molecule has 0 heterocycles. The van der Waals surface area contributed by atoms with E-state index in [2.05, 4.69) is 10.6 Å². The summed E-state index contributed by atoms with van der Waals surface area (Å²) in [5, 5.41) is 5.50. The molecule has 0 saturated heterocycles. The summed E-state index contributed by atoms with van der Waals surface area (Å²) in [5.41, 5.74) is 3.31. The van der Waals surface area contributed by atoms with Gasteiger partial charge in [0, 0.05) is 30.6 Å². The van der Waals surface area contributed by atoms with Crippen LogP contribution in [0.4, 0.5) is 5.69 Å². The van der Waals surface area contributed by atoms with E-state index in [9.17, 15) is 9.59 Å². The zero-order chi connectivity index (χ0) is 19.1. The average molecular weight is 358 g/mol. The Morgan fingerprint density at radius 1 is 0.815 bits per heavy atom. The topological polar surface area (TPSA) is 58.2 Å². The van der Waals surface area contributed by atoms with E-state index in [1.165, 1.54) is 0 Å². The van der Waals surface area contributed by atoms with Crippen molar-refractivity contribution < 1.29 is 9.59 Å². The minimum Gasteiger partial charge on any atom is -0.355 e. The van der Waals surface area contributed by atoms with E-state index in [4.69, 9.17) is 0 Å². The molecule has 0 spiro atoms. The van der Waals surface area contributed by atoms with Gasteiger partial charge >= 0.3 is 0 Å². The van der Waals surface area contributed by atoms with Crippen LogP contribution in [0.3, 0.4) is 0 Å². The molecule has 0 aromatic heterocycles. The average Bonchev–Trinajstić information content (AvgIpc) is 2.73. The molecule has 2 amide bonds. The summed E-state index contributed by atoms with van der Waals surface area (Å²) in [5.74, 6) is -0.311. The fourth-order valence-electron chi connectivity index (χ4n) is 3.08. The summed E-state index contributed by atoms with van der Waals surface area (Å²) >= 11 is 0. The van der Waals surface area contributed by atoms with Crippen molar-refractivity contribution in [1.29, 1.82) is 0 Å². The second-order valence-corrected chi connectivity index (χ2v) is 6.29. The van der Waals surface area contributed by atoms with E-state index in [1.807, 2.05) is 60.7 Å². The highest BCUT2D eigenvalue weighted by Gasteiger charge is 2.18. The second kappa shape index (κ2) is 8.81. The number of nitrogens with one attached hydrogen (secondary N) is 2. The maximum atomic E-state index is 12.7. The molecule has 0 bridgehead atoms. The molecular formula is C23H22N2O2. The monoisotopic (exact) mass is 358 g/mol. The fourth-order valence-corrected chi connectivity index (χ4v) is 3.08. The molecule has 0 radical (unpaired) electrons. The molecule has 0 aliphatic rings. The van der Waals surface area contributed by atoms with Crippen molar-refractivity contribution >= 4 is 17.5 Å². The van der Waals surface area contributed by atoms with Gasteiger partial charge < -0.3 is 10.6 Å². The number of benzene rings is 3. The third-order valence-electron chi connectivity index (χ3n) is 4.43. The maximum Gasteiger partial charge on any atom is 0.251 e. The van der Waals surface area contributed by atoms with Crippen LogP contribution in [0.2, 0.25) is 0 Å². The van der Waals surface area contributed by atoms with E-state index in [0.717, 1.165) is 11.1 Å². The quantitative estimate of drug-likeness (QED) is 0.693. The Balaban J connectivity index is 1.78. The van der Waals surface area contributed by atoms with Gasteiger partial charge in [-0.2, -0.15) is 0 Å². The highest BCUT2D eigenvalue weighted by molar-refractivity contribution is 5.97. The van der Waals surface area contributed by atoms with Crippen LogP contribution in [-0.2, 0) is 4.79 Å². The summed E-state index contributed by atoms with van der Waals surface area (Å²) in [4.78, 5) is 24.5. The molecule has 3 aromatic carbocycles. The number of rotatable bonds is 6. The Hall–Kier alpha value is -3.40. The summed E-state index contributed by atoms with van der Waals surface area (Å²) in [6, 6.07) is 26.9. The Labute approximate surface area is 159 Å². The minimum atomic E-state index is -0.183. The largest absolute Gasteiger partial charge is 0.355 e. The second-order valence-electron chi connectivity index (χ2n) is 6.29. The molecule has 4 nitrogen and oxygen atoms in total. The molecule has 0 aliphatic heterocycles. The predicted molar refractivity (Wildman–Crippen MR) is 108 cm³/mol. The summed E-state index contributed by atoms with van der Waals surface area (Å²) in [7, 11) is 1.58. The molecule has 3 rings (SSSR count). The van der Waals surface area contributed by atoms with Crippen LogP contribution < -0.4 is 10.6 Å². The molecule has 0 saturated carbocycles. The van der Waals surface area contributed by atoms with Gasteiger partial charge in [0.2, 0.25) is 5.91 Å². The van der Waals surface area contributed by atoms with Gasteiger partial charge in [-0.25, -0.2) is 0 Å². The van der Waals surface area contributed by atoms with E-state index in [-0.39, 0.29) is 17.7 Å². The van der Waals surface area contributed by atoms with E-state index in [0.29, 0.717) is 17.7 Å². The Morgan fingerprint density at radius 3 is 1.96 bits per heavy atom. The zero-order valence-corrected chi connectivity index (χ0v) is 15.2. The van der Waals surface area contributed by atoms with Gasteiger partial charge in [0.1, 0.15) is 0 Å². The van der Waals surface area contributed by atoms with Crippen molar-refractivity contribution in [1.82, 2.24) is 5.32 Å². The van der Waals surface area contributed by atoms with Crippen LogP contribution >= 0.6 is 0 Å². The van der Waals surface area contributed by atoms with Gasteiger partial charge in [-0.05, 0) is 29.3 Å². The Morgan fingerprint density at radius 2 is 1.41 bits per heavy atom. The SMILES string of the molecule is CNC(=O)c1cccc(NC(=O)CC(c2ccccc2)c2ccccc2)c1. The van der Waals surface area contributed by atoms with E-state index in [1.54, 1.807) is 31.3 Å². The van der Waals surface area contributed by atoms with Crippen LogP contribution in [0, 0.1) is 0 Å². The van der Waals surface area contributed by atoms with Gasteiger partial charge in [0.15, 0.2) is 0 Å². The highest BCUT2D eigenvalue weighted by atomic mass is 16.2. The third-order valence-corrected chi connectivity index (χ3v) is 4.43. The number of amides is 2. The summed E-state index contributed by atoms with van der Waals surface area (Å²) in [6.07, 6.45) is 0.318. The van der Waals surface area contributed by atoms with Crippen molar-refractivity contribution in [2.24, 2.45) is 0 Å². The normalized spacial score (nSPS) is 10.4. The van der Waals surface area contributed by atoms with Gasteiger partial charge in [0.05, 0.1) is 0 Å². The number of hydrogen-bond acceptors (Lipinski definition) is 2. The lowest BCUT2D eigenvalue weighted by Gasteiger charge is -2.18. The Bertz CT molecular complexity index is 868. The van der Waals surface area contributed by atoms with Gasteiger partial charge in [-0.3, -0.25) is 9.59 Å². The minimum absolute atomic E-state index is 0.0328. The molecule has 3 aromatic rings. The van der Waals surface area contributed by atoms with Crippen molar-refractivity contribution in [2.45, 2.75) is 12.3 Å². The van der Waals surface area contributed by atoms with Gasteiger partial charge in [-0.1, -0.05) is 66.7 Å². The van der Waals surface area contributed by atoms with Crippen LogP contribution in [0.15, 0.2) is 84.9 Å². The summed E-state index contributed by atoms with van der Waals surface area (Å²) < 4.78 is 0. The summed E-state index contributed by atoms with van der Waals surface area (Å²) in [6.45, 7) is 0.